The standard InChI is InChI=1S/C6H4Cl2O2S/c7-5-3-1-2-4-6(5)11(8,9)10/h2-5H. The van der Waals surface area contributed by atoms with Crippen molar-refractivity contribution in [2.75, 3.05) is 0 Å². The van der Waals surface area contributed by atoms with E-state index in [9.17, 15) is 8.42 Å². The maximum atomic E-state index is 10.7. The van der Waals surface area contributed by atoms with Crippen molar-refractivity contribution >= 4 is 31.3 Å². The van der Waals surface area contributed by atoms with Gasteiger partial charge in [0.25, 0.3) is 9.05 Å². The minimum atomic E-state index is -3.68. The largest absolute Gasteiger partial charge is 0.259 e. The predicted octanol–water partition coefficient (Wildman–Crippen LogP) is 1.77. The maximum Gasteiger partial charge on any atom is 0.259 e. The molecular weight excluding hydrogens is 207 g/mol. The van der Waals surface area contributed by atoms with Crippen LogP contribution in [-0.4, -0.2) is 13.8 Å². The lowest BCUT2D eigenvalue weighted by molar-refractivity contribution is 0.614. The van der Waals surface area contributed by atoms with Crippen molar-refractivity contribution in [3.05, 3.63) is 28.9 Å². The monoisotopic (exact) mass is 210 g/mol. The van der Waals surface area contributed by atoms with E-state index in [2.05, 4.69) is 5.73 Å². The van der Waals surface area contributed by atoms with Crippen LogP contribution in [0.1, 0.15) is 0 Å². The Morgan fingerprint density at radius 2 is 2.18 bits per heavy atom. The van der Waals surface area contributed by atoms with Crippen LogP contribution in [-0.2, 0) is 9.05 Å². The van der Waals surface area contributed by atoms with Gasteiger partial charge in [0.15, 0.2) is 0 Å². The number of halogens is 2. The summed E-state index contributed by atoms with van der Waals surface area (Å²) in [6.07, 6.45) is 4.21. The van der Waals surface area contributed by atoms with Gasteiger partial charge < -0.3 is 0 Å². The smallest absolute Gasteiger partial charge is 0.207 e. The van der Waals surface area contributed by atoms with E-state index in [1.807, 2.05) is 0 Å². The van der Waals surface area contributed by atoms with E-state index in [0.717, 1.165) is 0 Å². The fourth-order valence-corrected chi connectivity index (χ4v) is 2.30. The zero-order valence-corrected chi connectivity index (χ0v) is 7.62. The summed E-state index contributed by atoms with van der Waals surface area (Å²) >= 11 is 5.60. The summed E-state index contributed by atoms with van der Waals surface area (Å²) in [5.74, 6) is 0. The van der Waals surface area contributed by atoms with Crippen LogP contribution >= 0.6 is 22.3 Å². The van der Waals surface area contributed by atoms with Crippen molar-refractivity contribution in [1.82, 2.24) is 0 Å². The minimum Gasteiger partial charge on any atom is -0.207 e. The van der Waals surface area contributed by atoms with Gasteiger partial charge in [0.2, 0.25) is 0 Å². The molecule has 1 aliphatic carbocycles. The SMILES string of the molecule is O=S(=O)(Cl)C1=CC=C=CC1Cl. The third kappa shape index (κ3) is 2.11. The van der Waals surface area contributed by atoms with Gasteiger partial charge >= 0.3 is 0 Å². The molecule has 11 heavy (non-hydrogen) atoms. The van der Waals surface area contributed by atoms with Gasteiger partial charge in [-0.2, -0.15) is 0 Å². The number of allylic oxidation sites excluding steroid dienone is 3. The molecule has 1 unspecified atom stereocenters. The second-order valence-corrected chi connectivity index (χ2v) is 4.94. The van der Waals surface area contributed by atoms with Crippen molar-refractivity contribution in [1.29, 1.82) is 0 Å². The van der Waals surface area contributed by atoms with Crippen LogP contribution < -0.4 is 0 Å². The van der Waals surface area contributed by atoms with Crippen molar-refractivity contribution in [3.63, 3.8) is 0 Å². The highest BCUT2D eigenvalue weighted by molar-refractivity contribution is 8.16. The van der Waals surface area contributed by atoms with Crippen molar-refractivity contribution < 1.29 is 8.42 Å². The van der Waals surface area contributed by atoms with Crippen LogP contribution in [0.4, 0.5) is 0 Å². The second-order valence-electron chi connectivity index (χ2n) is 1.91. The highest BCUT2D eigenvalue weighted by Crippen LogP contribution is 2.23. The molecule has 0 aliphatic heterocycles. The first-order valence-electron chi connectivity index (χ1n) is 2.73. The minimum absolute atomic E-state index is 0.000386. The summed E-state index contributed by atoms with van der Waals surface area (Å²) in [7, 11) is 1.38. The first-order valence-corrected chi connectivity index (χ1v) is 5.48. The molecule has 0 saturated heterocycles. The summed E-state index contributed by atoms with van der Waals surface area (Å²) in [4.78, 5) is -0.000386. The molecule has 0 amide bonds. The topological polar surface area (TPSA) is 34.1 Å². The Morgan fingerprint density at radius 3 is 2.55 bits per heavy atom. The zero-order valence-electron chi connectivity index (χ0n) is 5.29. The molecule has 1 rings (SSSR count). The predicted molar refractivity (Wildman–Crippen MR) is 45.1 cm³/mol. The molecule has 0 bridgehead atoms. The Hall–Kier alpha value is -0.210. The molecule has 0 heterocycles. The van der Waals surface area contributed by atoms with Gasteiger partial charge in [0, 0.05) is 10.7 Å². The first-order chi connectivity index (χ1) is 5.02. The zero-order chi connectivity index (χ0) is 8.48. The van der Waals surface area contributed by atoms with E-state index in [0.29, 0.717) is 0 Å². The molecule has 2 nitrogen and oxygen atoms in total. The lowest BCUT2D eigenvalue weighted by Crippen LogP contribution is -2.07. The van der Waals surface area contributed by atoms with Crippen LogP contribution in [0.2, 0.25) is 0 Å². The molecule has 0 N–H and O–H groups in total. The van der Waals surface area contributed by atoms with Crippen LogP contribution in [0, 0.1) is 0 Å². The Morgan fingerprint density at radius 1 is 1.55 bits per heavy atom. The molecule has 0 fully saturated rings. The van der Waals surface area contributed by atoms with Crippen molar-refractivity contribution in [2.45, 2.75) is 5.38 Å². The molecule has 5 heteroatoms. The lowest BCUT2D eigenvalue weighted by Gasteiger charge is -2.06. The molecule has 0 aromatic rings. The Labute approximate surface area is 74.2 Å². The molecule has 60 valence electrons. The average molecular weight is 211 g/mol. The Bertz CT molecular complexity index is 347. The van der Waals surface area contributed by atoms with Gasteiger partial charge in [-0.25, -0.2) is 8.42 Å². The molecule has 0 saturated carbocycles. The van der Waals surface area contributed by atoms with Crippen LogP contribution in [0.15, 0.2) is 28.9 Å². The van der Waals surface area contributed by atoms with Gasteiger partial charge in [-0.15, -0.1) is 17.3 Å². The average Bonchev–Trinajstić information content (AvgIpc) is 1.86. The second kappa shape index (κ2) is 3.03. The summed E-state index contributed by atoms with van der Waals surface area (Å²) in [5, 5.41) is -0.692. The van der Waals surface area contributed by atoms with Gasteiger partial charge in [-0.1, -0.05) is 0 Å². The van der Waals surface area contributed by atoms with Crippen molar-refractivity contribution in [2.24, 2.45) is 0 Å². The third-order valence-electron chi connectivity index (χ3n) is 1.14. The fourth-order valence-electron chi connectivity index (χ4n) is 0.660. The molecule has 0 aromatic heterocycles. The summed E-state index contributed by atoms with van der Waals surface area (Å²) in [6.45, 7) is 0. The number of rotatable bonds is 1. The van der Waals surface area contributed by atoms with Gasteiger partial charge in [-0.3, -0.25) is 0 Å². The van der Waals surface area contributed by atoms with Crippen LogP contribution in [0.5, 0.6) is 0 Å². The maximum absolute atomic E-state index is 10.7. The molecule has 0 aromatic carbocycles. The van der Waals surface area contributed by atoms with Crippen LogP contribution in [0.25, 0.3) is 0 Å². The van der Waals surface area contributed by atoms with E-state index in [4.69, 9.17) is 22.3 Å². The highest BCUT2D eigenvalue weighted by Gasteiger charge is 2.21. The highest BCUT2D eigenvalue weighted by atomic mass is 35.7. The normalized spacial score (nSPS) is 23.5. The summed E-state index contributed by atoms with van der Waals surface area (Å²) in [6, 6.07) is 0. The van der Waals surface area contributed by atoms with E-state index in [1.54, 1.807) is 0 Å². The van der Waals surface area contributed by atoms with E-state index < -0.39 is 14.4 Å². The lowest BCUT2D eigenvalue weighted by atomic mass is 10.3. The molecule has 1 aliphatic rings. The quantitative estimate of drug-likeness (QED) is 0.376. The van der Waals surface area contributed by atoms with E-state index in [1.165, 1.54) is 18.2 Å². The third-order valence-corrected chi connectivity index (χ3v) is 3.12. The van der Waals surface area contributed by atoms with Crippen molar-refractivity contribution in [3.8, 4) is 0 Å². The van der Waals surface area contributed by atoms with E-state index >= 15 is 0 Å². The number of hydrogen-bond donors (Lipinski definition) is 0. The summed E-state index contributed by atoms with van der Waals surface area (Å²) in [5.41, 5.74) is 2.66. The molecule has 0 radical (unpaired) electrons. The summed E-state index contributed by atoms with van der Waals surface area (Å²) < 4.78 is 21.5. The number of alkyl halides is 1. The van der Waals surface area contributed by atoms with Gasteiger partial charge in [0.05, 0.1) is 10.3 Å². The van der Waals surface area contributed by atoms with Crippen LogP contribution in [0.3, 0.4) is 0 Å². The first kappa shape index (κ1) is 8.88. The van der Waals surface area contributed by atoms with E-state index in [-0.39, 0.29) is 4.91 Å². The Balaban J connectivity index is 3.12. The number of hydrogen-bond acceptors (Lipinski definition) is 2. The fraction of sp³-hybridized carbons (Fsp3) is 0.167. The molecule has 1 atom stereocenters. The molecular formula is C6H4Cl2O2S. The van der Waals surface area contributed by atoms with Gasteiger partial charge in [0.1, 0.15) is 0 Å². The van der Waals surface area contributed by atoms with Gasteiger partial charge in [-0.05, 0) is 18.2 Å². The molecule has 0 spiro atoms. The Kier molecular flexibility index (Phi) is 2.45.